The molecule has 1 aromatic rings. The van der Waals surface area contributed by atoms with Gasteiger partial charge in [-0.3, -0.25) is 0 Å². The van der Waals surface area contributed by atoms with Crippen molar-refractivity contribution in [2.24, 2.45) is 5.73 Å². The molecule has 90 valence electrons. The second-order valence-electron chi connectivity index (χ2n) is 4.81. The summed E-state index contributed by atoms with van der Waals surface area (Å²) in [4.78, 5) is 0. The molecular weight excluding hydrogens is 198 g/mol. The zero-order chi connectivity index (χ0) is 12.2. The van der Waals surface area contributed by atoms with Crippen molar-refractivity contribution in [3.63, 3.8) is 0 Å². The molecule has 0 atom stereocenters. The number of hydrogen-bond acceptors (Lipinski definition) is 2. The van der Waals surface area contributed by atoms with E-state index < -0.39 is 0 Å². The number of methoxy groups -OCH3 is 1. The lowest BCUT2D eigenvalue weighted by atomic mass is 9.80. The summed E-state index contributed by atoms with van der Waals surface area (Å²) in [5.74, 6) is 0.968. The van der Waals surface area contributed by atoms with Gasteiger partial charge in [0.2, 0.25) is 0 Å². The molecule has 0 aliphatic carbocycles. The van der Waals surface area contributed by atoms with E-state index in [1.54, 1.807) is 7.11 Å². The lowest BCUT2D eigenvalue weighted by Crippen LogP contribution is -2.22. The van der Waals surface area contributed by atoms with Crippen LogP contribution in [0.4, 0.5) is 0 Å². The van der Waals surface area contributed by atoms with Crippen molar-refractivity contribution < 1.29 is 4.74 Å². The Hall–Kier alpha value is -1.02. The van der Waals surface area contributed by atoms with Crippen LogP contribution in [0.5, 0.6) is 5.75 Å². The fraction of sp³-hybridized carbons (Fsp3) is 0.571. The maximum Gasteiger partial charge on any atom is 0.122 e. The van der Waals surface area contributed by atoms with E-state index in [1.807, 2.05) is 0 Å². The van der Waals surface area contributed by atoms with Gasteiger partial charge in [-0.1, -0.05) is 32.9 Å². The highest BCUT2D eigenvalue weighted by Gasteiger charge is 2.23. The number of hydrogen-bond donors (Lipinski definition) is 1. The van der Waals surface area contributed by atoms with E-state index in [4.69, 9.17) is 10.5 Å². The minimum atomic E-state index is 0.0747. The highest BCUT2D eigenvalue weighted by Crippen LogP contribution is 2.34. The molecule has 0 aromatic heterocycles. The standard InChI is InChI=1S/C14H23NO/c1-5-11-6-7-13(16-4)12(10-11)14(2,3)8-9-15/h6-7,10H,5,8-9,15H2,1-4H3. The minimum Gasteiger partial charge on any atom is -0.496 e. The number of aryl methyl sites for hydroxylation is 1. The van der Waals surface area contributed by atoms with Gasteiger partial charge < -0.3 is 10.5 Å². The summed E-state index contributed by atoms with van der Waals surface area (Å²) < 4.78 is 5.44. The molecular formula is C14H23NO. The average molecular weight is 221 g/mol. The van der Waals surface area contributed by atoms with Crippen LogP contribution in [0.1, 0.15) is 38.3 Å². The maximum absolute atomic E-state index is 5.67. The topological polar surface area (TPSA) is 35.2 Å². The van der Waals surface area contributed by atoms with E-state index in [-0.39, 0.29) is 5.41 Å². The van der Waals surface area contributed by atoms with Gasteiger partial charge in [-0.25, -0.2) is 0 Å². The predicted molar refractivity (Wildman–Crippen MR) is 69.1 cm³/mol. The summed E-state index contributed by atoms with van der Waals surface area (Å²) in [6.07, 6.45) is 2.02. The van der Waals surface area contributed by atoms with Crippen LogP contribution in [-0.4, -0.2) is 13.7 Å². The van der Waals surface area contributed by atoms with E-state index in [0.717, 1.165) is 18.6 Å². The quantitative estimate of drug-likeness (QED) is 0.829. The smallest absolute Gasteiger partial charge is 0.122 e. The first-order chi connectivity index (χ1) is 7.55. The van der Waals surface area contributed by atoms with E-state index in [2.05, 4.69) is 39.0 Å². The van der Waals surface area contributed by atoms with Crippen molar-refractivity contribution in [2.75, 3.05) is 13.7 Å². The Kier molecular flexibility index (Phi) is 4.36. The SMILES string of the molecule is CCc1ccc(OC)c(C(C)(C)CCN)c1. The van der Waals surface area contributed by atoms with Crippen LogP contribution in [0.25, 0.3) is 0 Å². The fourth-order valence-electron chi connectivity index (χ4n) is 2.00. The van der Waals surface area contributed by atoms with Crippen LogP contribution in [0.3, 0.4) is 0 Å². The number of ether oxygens (including phenoxy) is 1. The van der Waals surface area contributed by atoms with Gasteiger partial charge in [-0.05, 0) is 36.4 Å². The van der Waals surface area contributed by atoms with E-state index in [1.165, 1.54) is 11.1 Å². The van der Waals surface area contributed by atoms with Crippen LogP contribution in [-0.2, 0) is 11.8 Å². The molecule has 0 saturated carbocycles. The fourth-order valence-corrected chi connectivity index (χ4v) is 2.00. The first-order valence-electron chi connectivity index (χ1n) is 5.92. The maximum atomic E-state index is 5.67. The molecule has 0 heterocycles. The molecule has 0 saturated heterocycles. The average Bonchev–Trinajstić information content (AvgIpc) is 2.28. The molecule has 0 aliphatic rings. The first-order valence-corrected chi connectivity index (χ1v) is 5.92. The van der Waals surface area contributed by atoms with Gasteiger partial charge in [-0.2, -0.15) is 0 Å². The van der Waals surface area contributed by atoms with Gasteiger partial charge >= 0.3 is 0 Å². The van der Waals surface area contributed by atoms with Crippen LogP contribution >= 0.6 is 0 Å². The molecule has 0 aliphatic heterocycles. The van der Waals surface area contributed by atoms with Crippen molar-refractivity contribution in [1.29, 1.82) is 0 Å². The molecule has 2 nitrogen and oxygen atoms in total. The van der Waals surface area contributed by atoms with Crippen LogP contribution in [0.15, 0.2) is 18.2 Å². The summed E-state index contributed by atoms with van der Waals surface area (Å²) in [6, 6.07) is 6.43. The van der Waals surface area contributed by atoms with Crippen molar-refractivity contribution in [2.45, 2.75) is 39.0 Å². The molecule has 1 rings (SSSR count). The van der Waals surface area contributed by atoms with Gasteiger partial charge in [0.25, 0.3) is 0 Å². The third kappa shape index (κ3) is 2.76. The Morgan fingerprint density at radius 1 is 1.31 bits per heavy atom. The highest BCUT2D eigenvalue weighted by atomic mass is 16.5. The molecule has 0 bridgehead atoms. The molecule has 0 unspecified atom stereocenters. The number of nitrogens with two attached hydrogens (primary N) is 1. The van der Waals surface area contributed by atoms with Crippen molar-refractivity contribution in [3.8, 4) is 5.75 Å². The number of benzene rings is 1. The Bertz CT molecular complexity index is 345. The summed E-state index contributed by atoms with van der Waals surface area (Å²) >= 11 is 0. The van der Waals surface area contributed by atoms with Crippen LogP contribution < -0.4 is 10.5 Å². The molecule has 16 heavy (non-hydrogen) atoms. The van der Waals surface area contributed by atoms with Crippen LogP contribution in [0.2, 0.25) is 0 Å². The molecule has 2 N–H and O–H groups in total. The van der Waals surface area contributed by atoms with Crippen molar-refractivity contribution in [1.82, 2.24) is 0 Å². The Labute approximate surface area is 98.8 Å². The molecule has 2 heteroatoms. The molecule has 0 amide bonds. The van der Waals surface area contributed by atoms with Crippen molar-refractivity contribution >= 4 is 0 Å². The third-order valence-electron chi connectivity index (χ3n) is 3.17. The summed E-state index contributed by atoms with van der Waals surface area (Å²) in [5.41, 5.74) is 8.36. The second-order valence-corrected chi connectivity index (χ2v) is 4.81. The lowest BCUT2D eigenvalue weighted by molar-refractivity contribution is 0.386. The third-order valence-corrected chi connectivity index (χ3v) is 3.17. The van der Waals surface area contributed by atoms with Gasteiger partial charge in [0.15, 0.2) is 0 Å². The largest absolute Gasteiger partial charge is 0.496 e. The van der Waals surface area contributed by atoms with E-state index in [9.17, 15) is 0 Å². The monoisotopic (exact) mass is 221 g/mol. The first kappa shape index (κ1) is 13.0. The Morgan fingerprint density at radius 3 is 2.50 bits per heavy atom. The Balaban J connectivity index is 3.17. The van der Waals surface area contributed by atoms with Crippen molar-refractivity contribution in [3.05, 3.63) is 29.3 Å². The number of rotatable bonds is 5. The predicted octanol–water partition coefficient (Wildman–Crippen LogP) is 2.88. The highest BCUT2D eigenvalue weighted by molar-refractivity contribution is 5.42. The summed E-state index contributed by atoms with van der Waals surface area (Å²) in [6.45, 7) is 7.31. The van der Waals surface area contributed by atoms with Crippen LogP contribution in [0, 0.1) is 0 Å². The van der Waals surface area contributed by atoms with Gasteiger partial charge in [0.1, 0.15) is 5.75 Å². The summed E-state index contributed by atoms with van der Waals surface area (Å²) in [5, 5.41) is 0. The zero-order valence-electron chi connectivity index (χ0n) is 10.8. The molecule has 0 fully saturated rings. The second kappa shape index (κ2) is 5.35. The van der Waals surface area contributed by atoms with E-state index in [0.29, 0.717) is 6.54 Å². The molecule has 0 radical (unpaired) electrons. The van der Waals surface area contributed by atoms with E-state index >= 15 is 0 Å². The van der Waals surface area contributed by atoms with Gasteiger partial charge in [-0.15, -0.1) is 0 Å². The lowest BCUT2D eigenvalue weighted by Gasteiger charge is -2.27. The van der Waals surface area contributed by atoms with Gasteiger partial charge in [0.05, 0.1) is 7.11 Å². The molecule has 0 spiro atoms. The Morgan fingerprint density at radius 2 is 2.00 bits per heavy atom. The summed E-state index contributed by atoms with van der Waals surface area (Å²) in [7, 11) is 1.73. The normalized spacial score (nSPS) is 11.6. The zero-order valence-corrected chi connectivity index (χ0v) is 10.8. The minimum absolute atomic E-state index is 0.0747. The molecule has 1 aromatic carbocycles. The van der Waals surface area contributed by atoms with Gasteiger partial charge in [0, 0.05) is 5.56 Å².